The van der Waals surface area contributed by atoms with Crippen molar-refractivity contribution in [3.63, 3.8) is 0 Å². The smallest absolute Gasteiger partial charge is 0.480 e. The topological polar surface area (TPSA) is 147 Å². The molecule has 0 radical (unpaired) electrons. The maximum Gasteiger partial charge on any atom is 0.514 e. The summed E-state index contributed by atoms with van der Waals surface area (Å²) in [7, 11) is 0. The van der Waals surface area contributed by atoms with Crippen LogP contribution in [0.4, 0.5) is 9.59 Å². The van der Waals surface area contributed by atoms with Gasteiger partial charge in [0.25, 0.3) is 0 Å². The average molecular weight is 506 g/mol. The van der Waals surface area contributed by atoms with Crippen molar-refractivity contribution in [3.05, 3.63) is 23.8 Å². The average Bonchev–Trinajstić information content (AvgIpc) is 2.64. The van der Waals surface area contributed by atoms with Gasteiger partial charge in [-0.1, -0.05) is 6.07 Å². The molecule has 0 bridgehead atoms. The summed E-state index contributed by atoms with van der Waals surface area (Å²) in [5, 5.41) is 12.4. The molecule has 2 N–H and O–H groups in total. The number of hydrogen-bond acceptors (Lipinski definition) is 10. The zero-order valence-electron chi connectivity index (χ0n) is 20.0. The number of hydrogen-bond donors (Lipinski definition) is 2. The molecule has 1 aromatic rings. The number of ether oxygens (including phenoxy) is 5. The Hall–Kier alpha value is -3.05. The van der Waals surface area contributed by atoms with Crippen molar-refractivity contribution in [1.82, 2.24) is 5.32 Å². The van der Waals surface area contributed by atoms with E-state index in [0.29, 0.717) is 5.56 Å². The van der Waals surface area contributed by atoms with Gasteiger partial charge in [-0.05, 0) is 58.7 Å². The molecular formula is C22H32ClNO10. The van der Waals surface area contributed by atoms with Gasteiger partial charge in [0.1, 0.15) is 12.1 Å². The fraction of sp³-hybridized carbons (Fsp3) is 0.545. The van der Waals surface area contributed by atoms with Crippen molar-refractivity contribution >= 4 is 36.7 Å². The third-order valence-corrected chi connectivity index (χ3v) is 3.82. The van der Waals surface area contributed by atoms with E-state index < -0.39 is 48.6 Å². The molecule has 0 heterocycles. The van der Waals surface area contributed by atoms with Crippen LogP contribution in [-0.4, -0.2) is 60.3 Å². The highest BCUT2D eigenvalue weighted by Gasteiger charge is 2.22. The van der Waals surface area contributed by atoms with Crippen LogP contribution in [-0.2, 0) is 30.2 Å². The van der Waals surface area contributed by atoms with Gasteiger partial charge in [-0.3, -0.25) is 9.59 Å². The first-order valence-electron chi connectivity index (χ1n) is 10.4. The van der Waals surface area contributed by atoms with E-state index in [1.165, 1.54) is 25.1 Å². The Morgan fingerprint density at radius 2 is 1.41 bits per heavy atom. The molecule has 0 spiro atoms. The van der Waals surface area contributed by atoms with Crippen LogP contribution in [0.5, 0.6) is 11.5 Å². The molecule has 0 saturated carbocycles. The molecule has 1 aromatic carbocycles. The van der Waals surface area contributed by atoms with E-state index in [1.807, 2.05) is 0 Å². The maximum atomic E-state index is 12.0. The third-order valence-electron chi connectivity index (χ3n) is 3.82. The van der Waals surface area contributed by atoms with Gasteiger partial charge in [0.2, 0.25) is 0 Å². The molecular weight excluding hydrogens is 474 g/mol. The second kappa shape index (κ2) is 15.0. The first kappa shape index (κ1) is 30.9. The molecule has 0 aromatic heterocycles. The second-order valence-corrected chi connectivity index (χ2v) is 7.74. The summed E-state index contributed by atoms with van der Waals surface area (Å²) in [5.41, 5.74) is 0.465. The first-order valence-corrected chi connectivity index (χ1v) is 10.4. The predicted molar refractivity (Wildman–Crippen MR) is 123 cm³/mol. The van der Waals surface area contributed by atoms with Gasteiger partial charge in [-0.25, -0.2) is 9.59 Å². The number of carboxylic acids is 1. The monoisotopic (exact) mass is 505 g/mol. The SMILES string of the molecule is CC(=O)OC(C)CN[C@@H](Cc1ccc(OC(=O)OC(C)C)c(OC(=O)OC(C)C)c1)C(=O)O.Cl. The number of carbonyl (C=O) groups excluding carboxylic acids is 3. The summed E-state index contributed by atoms with van der Waals surface area (Å²) in [4.78, 5) is 46.6. The Kier molecular flexibility index (Phi) is 13.6. The van der Waals surface area contributed by atoms with Crippen LogP contribution in [0, 0.1) is 0 Å². The van der Waals surface area contributed by atoms with Crippen molar-refractivity contribution in [1.29, 1.82) is 0 Å². The summed E-state index contributed by atoms with van der Waals surface area (Å²) in [6, 6.07) is 3.21. The molecule has 0 amide bonds. The predicted octanol–water partition coefficient (Wildman–Crippen LogP) is 3.49. The van der Waals surface area contributed by atoms with Gasteiger partial charge in [0.05, 0.1) is 12.2 Å². The number of esters is 1. The van der Waals surface area contributed by atoms with E-state index in [1.54, 1.807) is 34.6 Å². The van der Waals surface area contributed by atoms with Gasteiger partial charge in [0.15, 0.2) is 11.5 Å². The summed E-state index contributed by atoms with van der Waals surface area (Å²) >= 11 is 0. The molecule has 12 heteroatoms. The molecule has 0 aliphatic heterocycles. The maximum absolute atomic E-state index is 12.0. The van der Waals surface area contributed by atoms with Crippen LogP contribution in [0.25, 0.3) is 0 Å². The van der Waals surface area contributed by atoms with E-state index in [0.717, 1.165) is 0 Å². The molecule has 0 aliphatic carbocycles. The Morgan fingerprint density at radius 3 is 1.88 bits per heavy atom. The Bertz CT molecular complexity index is 843. The Labute approximate surface area is 204 Å². The highest BCUT2D eigenvalue weighted by Crippen LogP contribution is 2.30. The number of carbonyl (C=O) groups is 4. The molecule has 0 saturated heterocycles. The lowest BCUT2D eigenvalue weighted by Gasteiger charge is -2.19. The van der Waals surface area contributed by atoms with Gasteiger partial charge in [0, 0.05) is 13.5 Å². The fourth-order valence-corrected chi connectivity index (χ4v) is 2.57. The van der Waals surface area contributed by atoms with Gasteiger partial charge >= 0.3 is 24.2 Å². The van der Waals surface area contributed by atoms with Crippen LogP contribution in [0.2, 0.25) is 0 Å². The van der Waals surface area contributed by atoms with Gasteiger partial charge in [-0.15, -0.1) is 12.4 Å². The quantitative estimate of drug-likeness (QED) is 0.258. The summed E-state index contributed by atoms with van der Waals surface area (Å²) in [6.45, 7) is 9.55. The highest BCUT2D eigenvalue weighted by molar-refractivity contribution is 5.85. The van der Waals surface area contributed by atoms with Crippen molar-refractivity contribution in [2.45, 2.75) is 72.3 Å². The lowest BCUT2D eigenvalue weighted by atomic mass is 10.0. The van der Waals surface area contributed by atoms with Crippen LogP contribution < -0.4 is 14.8 Å². The molecule has 1 unspecified atom stereocenters. The minimum Gasteiger partial charge on any atom is -0.480 e. The molecule has 2 atom stereocenters. The zero-order valence-corrected chi connectivity index (χ0v) is 20.8. The summed E-state index contributed by atoms with van der Waals surface area (Å²) < 4.78 is 25.1. The molecule has 1 rings (SSSR count). The highest BCUT2D eigenvalue weighted by atomic mass is 35.5. The minimum absolute atomic E-state index is 0. The van der Waals surface area contributed by atoms with Gasteiger partial charge in [-0.2, -0.15) is 0 Å². The van der Waals surface area contributed by atoms with E-state index in [2.05, 4.69) is 5.32 Å². The van der Waals surface area contributed by atoms with Crippen molar-refractivity contribution in [2.24, 2.45) is 0 Å². The summed E-state index contributed by atoms with van der Waals surface area (Å²) in [5.74, 6) is -1.85. The Morgan fingerprint density at radius 1 is 0.882 bits per heavy atom. The fourth-order valence-electron chi connectivity index (χ4n) is 2.57. The number of benzene rings is 1. The molecule has 0 aliphatic rings. The number of aliphatic carboxylic acids is 1. The van der Waals surface area contributed by atoms with Crippen LogP contribution in [0.1, 0.15) is 47.1 Å². The van der Waals surface area contributed by atoms with Crippen molar-refractivity contribution < 1.29 is 48.0 Å². The first-order chi connectivity index (χ1) is 15.4. The van der Waals surface area contributed by atoms with E-state index >= 15 is 0 Å². The van der Waals surface area contributed by atoms with E-state index in [9.17, 15) is 24.3 Å². The molecule has 34 heavy (non-hydrogen) atoms. The standard InChI is InChI=1S/C22H31NO10.ClH/c1-12(2)29-21(27)32-18-8-7-16(10-19(18)33-22(28)30-13(3)4)9-17(20(25)26)23-11-14(5)31-15(6)24;/h7-8,10,12-14,17,23H,9,11H2,1-6H3,(H,25,26);1H/t14?,17-;/m0./s1. The Balaban J connectivity index is 0.0000109. The number of rotatable bonds is 11. The van der Waals surface area contributed by atoms with Crippen molar-refractivity contribution in [2.75, 3.05) is 6.54 Å². The largest absolute Gasteiger partial charge is 0.514 e. The second-order valence-electron chi connectivity index (χ2n) is 7.74. The van der Waals surface area contributed by atoms with Crippen LogP contribution in [0.15, 0.2) is 18.2 Å². The summed E-state index contributed by atoms with van der Waals surface area (Å²) in [6.07, 6.45) is -3.43. The van der Waals surface area contributed by atoms with Crippen LogP contribution >= 0.6 is 12.4 Å². The third kappa shape index (κ3) is 12.3. The normalized spacial score (nSPS) is 12.2. The molecule has 0 fully saturated rings. The number of carboxylic acid groups (broad SMARTS) is 1. The molecule has 11 nitrogen and oxygen atoms in total. The van der Waals surface area contributed by atoms with E-state index in [-0.39, 0.29) is 36.9 Å². The zero-order chi connectivity index (χ0) is 25.1. The lowest BCUT2D eigenvalue weighted by Crippen LogP contribution is -2.42. The number of nitrogens with one attached hydrogen (secondary N) is 1. The molecule has 192 valence electrons. The van der Waals surface area contributed by atoms with Crippen LogP contribution in [0.3, 0.4) is 0 Å². The number of halogens is 1. The lowest BCUT2D eigenvalue weighted by molar-refractivity contribution is -0.145. The van der Waals surface area contributed by atoms with Gasteiger partial charge < -0.3 is 34.1 Å². The van der Waals surface area contributed by atoms with E-state index in [4.69, 9.17) is 23.7 Å². The minimum atomic E-state index is -1.13. The van der Waals surface area contributed by atoms with Crippen molar-refractivity contribution in [3.8, 4) is 11.5 Å².